The number of halogens is 2. The summed E-state index contributed by atoms with van der Waals surface area (Å²) in [6.07, 6.45) is 0. The molecule has 0 radical (unpaired) electrons. The van der Waals surface area contributed by atoms with Crippen molar-refractivity contribution in [2.75, 3.05) is 5.32 Å². The Morgan fingerprint density at radius 2 is 1.85 bits per heavy atom. The van der Waals surface area contributed by atoms with Crippen LogP contribution in [-0.2, 0) is 5.41 Å². The molecule has 3 rings (SSSR count). The summed E-state index contributed by atoms with van der Waals surface area (Å²) in [6, 6.07) is 14.6. The van der Waals surface area contributed by atoms with E-state index in [1.807, 2.05) is 20.8 Å². The number of hydrogen-bond donors (Lipinski definition) is 1. The van der Waals surface area contributed by atoms with Gasteiger partial charge in [0.2, 0.25) is 0 Å². The highest BCUT2D eigenvalue weighted by Gasteiger charge is 2.22. The lowest BCUT2D eigenvalue weighted by Gasteiger charge is -2.14. The van der Waals surface area contributed by atoms with Crippen molar-refractivity contribution in [2.24, 2.45) is 0 Å². The summed E-state index contributed by atoms with van der Waals surface area (Å²) in [5, 5.41) is 7.76. The molecule has 0 unspecified atom stereocenters. The molecule has 0 aliphatic carbocycles. The largest absolute Gasteiger partial charge is 0.306 e. The number of nitrogens with zero attached hydrogens (tertiary/aromatic N) is 2. The molecule has 1 aromatic heterocycles. The predicted octanol–water partition coefficient (Wildman–Crippen LogP) is 5.21. The van der Waals surface area contributed by atoms with Gasteiger partial charge in [0.15, 0.2) is 0 Å². The molecule has 0 atom stereocenters. The fourth-order valence-corrected chi connectivity index (χ4v) is 2.69. The first-order valence-corrected chi connectivity index (χ1v) is 8.56. The summed E-state index contributed by atoms with van der Waals surface area (Å²) in [6.45, 7) is 6.06. The lowest BCUT2D eigenvalue weighted by molar-refractivity contribution is 0.102. The third-order valence-electron chi connectivity index (χ3n) is 3.89. The summed E-state index contributed by atoms with van der Waals surface area (Å²) in [7, 11) is 0. The van der Waals surface area contributed by atoms with E-state index in [4.69, 9.17) is 11.6 Å². The van der Waals surface area contributed by atoms with Crippen molar-refractivity contribution in [3.8, 4) is 5.69 Å². The lowest BCUT2D eigenvalue weighted by atomic mass is 9.92. The Morgan fingerprint density at radius 1 is 1.12 bits per heavy atom. The fraction of sp³-hybridized carbons (Fsp3) is 0.200. The van der Waals surface area contributed by atoms with E-state index in [0.717, 1.165) is 5.69 Å². The maximum absolute atomic E-state index is 13.7. The standard InChI is InChI=1S/C20H19ClFN3O/c1-20(2,3)17-12-18(23-19(26)15-9-4-5-10-16(15)21)25(24-17)14-8-6-7-13(22)11-14/h4-12H,1-3H3,(H,23,26). The zero-order valence-electron chi connectivity index (χ0n) is 14.8. The third kappa shape index (κ3) is 3.78. The Labute approximate surface area is 156 Å². The predicted molar refractivity (Wildman–Crippen MR) is 102 cm³/mol. The van der Waals surface area contributed by atoms with Crippen LogP contribution in [0.25, 0.3) is 5.69 Å². The molecular formula is C20H19ClFN3O. The number of nitrogens with one attached hydrogen (secondary N) is 1. The first-order chi connectivity index (χ1) is 12.3. The maximum atomic E-state index is 13.7. The average Bonchev–Trinajstić information content (AvgIpc) is 2.99. The van der Waals surface area contributed by atoms with Crippen LogP contribution in [0.4, 0.5) is 10.2 Å². The monoisotopic (exact) mass is 371 g/mol. The molecule has 0 saturated carbocycles. The Morgan fingerprint density at radius 3 is 2.50 bits per heavy atom. The second kappa shape index (κ2) is 6.92. The second-order valence-corrected chi connectivity index (χ2v) is 7.40. The number of aromatic nitrogens is 2. The molecule has 0 aliphatic rings. The molecule has 1 heterocycles. The van der Waals surface area contributed by atoms with Crippen LogP contribution in [0.2, 0.25) is 5.02 Å². The van der Waals surface area contributed by atoms with Gasteiger partial charge in [-0.25, -0.2) is 9.07 Å². The quantitative estimate of drug-likeness (QED) is 0.686. The number of hydrogen-bond acceptors (Lipinski definition) is 2. The number of carbonyl (C=O) groups excluding carboxylic acids is 1. The minimum absolute atomic E-state index is 0.234. The molecule has 134 valence electrons. The molecule has 1 amide bonds. The van der Waals surface area contributed by atoms with Gasteiger partial charge in [0.05, 0.1) is 22.0 Å². The Hall–Kier alpha value is -2.66. The number of amides is 1. The fourth-order valence-electron chi connectivity index (χ4n) is 2.47. The van der Waals surface area contributed by atoms with E-state index in [-0.39, 0.29) is 17.1 Å². The topological polar surface area (TPSA) is 46.9 Å². The molecule has 3 aromatic rings. The van der Waals surface area contributed by atoms with Gasteiger partial charge < -0.3 is 5.32 Å². The van der Waals surface area contributed by atoms with Gasteiger partial charge in [0, 0.05) is 11.5 Å². The van der Waals surface area contributed by atoms with Gasteiger partial charge in [0.25, 0.3) is 5.91 Å². The van der Waals surface area contributed by atoms with Crippen molar-refractivity contribution in [2.45, 2.75) is 26.2 Å². The summed E-state index contributed by atoms with van der Waals surface area (Å²) in [5.41, 5.74) is 1.42. The zero-order valence-corrected chi connectivity index (χ0v) is 15.5. The third-order valence-corrected chi connectivity index (χ3v) is 4.22. The van der Waals surface area contributed by atoms with Crippen LogP contribution in [0.3, 0.4) is 0 Å². The van der Waals surface area contributed by atoms with Crippen molar-refractivity contribution in [3.05, 3.63) is 76.7 Å². The van der Waals surface area contributed by atoms with Gasteiger partial charge in [-0.1, -0.05) is 50.6 Å². The highest BCUT2D eigenvalue weighted by Crippen LogP contribution is 2.27. The van der Waals surface area contributed by atoms with Gasteiger partial charge in [-0.2, -0.15) is 5.10 Å². The van der Waals surface area contributed by atoms with E-state index in [2.05, 4.69) is 10.4 Å². The van der Waals surface area contributed by atoms with Crippen molar-refractivity contribution < 1.29 is 9.18 Å². The highest BCUT2D eigenvalue weighted by atomic mass is 35.5. The van der Waals surface area contributed by atoms with Crippen LogP contribution in [0, 0.1) is 5.82 Å². The van der Waals surface area contributed by atoms with Crippen LogP contribution >= 0.6 is 11.6 Å². The van der Waals surface area contributed by atoms with E-state index in [1.165, 1.54) is 16.8 Å². The molecule has 0 saturated heterocycles. The molecule has 6 heteroatoms. The van der Waals surface area contributed by atoms with Crippen molar-refractivity contribution in [1.29, 1.82) is 0 Å². The van der Waals surface area contributed by atoms with Crippen LogP contribution < -0.4 is 5.32 Å². The molecule has 0 aliphatic heterocycles. The number of benzene rings is 2. The lowest BCUT2D eigenvalue weighted by Crippen LogP contribution is -2.15. The number of carbonyl (C=O) groups is 1. The number of rotatable bonds is 3. The van der Waals surface area contributed by atoms with Gasteiger partial charge >= 0.3 is 0 Å². The summed E-state index contributed by atoms with van der Waals surface area (Å²) in [4.78, 5) is 12.6. The van der Waals surface area contributed by atoms with E-state index in [0.29, 0.717) is 22.1 Å². The normalized spacial score (nSPS) is 11.4. The molecule has 0 fully saturated rings. The zero-order chi connectivity index (χ0) is 18.9. The van der Waals surface area contributed by atoms with Gasteiger partial charge in [-0.05, 0) is 30.3 Å². The summed E-state index contributed by atoms with van der Waals surface area (Å²) in [5.74, 6) is -0.280. The van der Waals surface area contributed by atoms with Crippen molar-refractivity contribution >= 4 is 23.3 Å². The Kier molecular flexibility index (Phi) is 4.83. The van der Waals surface area contributed by atoms with E-state index < -0.39 is 0 Å². The summed E-state index contributed by atoms with van der Waals surface area (Å²) >= 11 is 6.11. The minimum atomic E-state index is -0.376. The van der Waals surface area contributed by atoms with E-state index in [1.54, 1.807) is 42.5 Å². The highest BCUT2D eigenvalue weighted by molar-refractivity contribution is 6.34. The molecule has 2 aromatic carbocycles. The van der Waals surface area contributed by atoms with Crippen molar-refractivity contribution in [1.82, 2.24) is 9.78 Å². The minimum Gasteiger partial charge on any atom is -0.306 e. The maximum Gasteiger partial charge on any atom is 0.258 e. The Bertz CT molecular complexity index is 960. The van der Waals surface area contributed by atoms with Crippen LogP contribution in [0.1, 0.15) is 36.8 Å². The smallest absolute Gasteiger partial charge is 0.258 e. The van der Waals surface area contributed by atoms with Gasteiger partial charge in [-0.3, -0.25) is 4.79 Å². The number of anilines is 1. The summed E-state index contributed by atoms with van der Waals surface area (Å²) < 4.78 is 15.2. The molecule has 4 nitrogen and oxygen atoms in total. The van der Waals surface area contributed by atoms with Gasteiger partial charge in [-0.15, -0.1) is 0 Å². The first kappa shape index (κ1) is 18.1. The van der Waals surface area contributed by atoms with Crippen LogP contribution in [0.5, 0.6) is 0 Å². The average molecular weight is 372 g/mol. The second-order valence-electron chi connectivity index (χ2n) is 6.99. The molecule has 26 heavy (non-hydrogen) atoms. The van der Waals surface area contributed by atoms with Gasteiger partial charge in [0.1, 0.15) is 11.6 Å². The van der Waals surface area contributed by atoms with E-state index in [9.17, 15) is 9.18 Å². The Balaban J connectivity index is 2.04. The van der Waals surface area contributed by atoms with Crippen molar-refractivity contribution in [3.63, 3.8) is 0 Å². The first-order valence-electron chi connectivity index (χ1n) is 8.18. The van der Waals surface area contributed by atoms with Crippen LogP contribution in [-0.4, -0.2) is 15.7 Å². The van der Waals surface area contributed by atoms with E-state index >= 15 is 0 Å². The SMILES string of the molecule is CC(C)(C)c1cc(NC(=O)c2ccccc2Cl)n(-c2cccc(F)c2)n1. The molecular weight excluding hydrogens is 353 g/mol. The molecule has 0 bridgehead atoms. The molecule has 0 spiro atoms. The van der Waals surface area contributed by atoms with Crippen LogP contribution in [0.15, 0.2) is 54.6 Å². The molecule has 1 N–H and O–H groups in total.